The highest BCUT2D eigenvalue weighted by Gasteiger charge is 2.17. The normalized spacial score (nSPS) is 10.7. The van der Waals surface area contributed by atoms with E-state index < -0.39 is 5.97 Å². The lowest BCUT2D eigenvalue weighted by atomic mass is 10.1. The van der Waals surface area contributed by atoms with Gasteiger partial charge < -0.3 is 9.84 Å². The van der Waals surface area contributed by atoms with Crippen molar-refractivity contribution < 1.29 is 14.6 Å². The van der Waals surface area contributed by atoms with Crippen LogP contribution in [0, 0.1) is 0 Å². The smallest absolute Gasteiger partial charge is 0.359 e. The van der Waals surface area contributed by atoms with Crippen LogP contribution in [-0.4, -0.2) is 34.1 Å². The van der Waals surface area contributed by atoms with Crippen LogP contribution in [-0.2, 0) is 11.3 Å². The number of nitrogens with zero attached hydrogens (tertiary/aromatic N) is 2. The Labute approximate surface area is 137 Å². The minimum atomic E-state index is -0.665. The van der Waals surface area contributed by atoms with E-state index in [1.807, 2.05) is 30.3 Å². The lowest BCUT2D eigenvalue weighted by molar-refractivity contribution is 0.0427. The maximum Gasteiger partial charge on any atom is 0.359 e. The number of ether oxygens (including phenoxy) is 1. The van der Waals surface area contributed by atoms with Crippen molar-refractivity contribution in [3.63, 3.8) is 0 Å². The molecule has 0 amide bonds. The molecule has 3 rings (SSSR count). The molecular formula is C18H16N2O4. The molecule has 0 spiro atoms. The monoisotopic (exact) mass is 324 g/mol. The van der Waals surface area contributed by atoms with Gasteiger partial charge in [-0.05, 0) is 11.6 Å². The maximum absolute atomic E-state index is 12.6. The largest absolute Gasteiger partial charge is 0.458 e. The second kappa shape index (κ2) is 7.06. The van der Waals surface area contributed by atoms with Crippen LogP contribution >= 0.6 is 0 Å². The Morgan fingerprint density at radius 3 is 2.42 bits per heavy atom. The van der Waals surface area contributed by atoms with Crippen LogP contribution in [0.5, 0.6) is 0 Å². The minimum absolute atomic E-state index is 0.0644. The Bertz CT molecular complexity index is 919. The maximum atomic E-state index is 12.6. The van der Waals surface area contributed by atoms with Crippen LogP contribution in [0.2, 0.25) is 0 Å². The summed E-state index contributed by atoms with van der Waals surface area (Å²) < 4.78 is 6.22. The van der Waals surface area contributed by atoms with Crippen molar-refractivity contribution in [1.82, 2.24) is 9.78 Å². The summed E-state index contributed by atoms with van der Waals surface area (Å²) in [5, 5.41) is 13.9. The number of esters is 1. The Hall–Kier alpha value is -2.99. The van der Waals surface area contributed by atoms with Gasteiger partial charge in [0.25, 0.3) is 5.56 Å². The van der Waals surface area contributed by atoms with Gasteiger partial charge in [0.15, 0.2) is 5.69 Å². The van der Waals surface area contributed by atoms with Crippen LogP contribution in [0.1, 0.15) is 16.1 Å². The molecule has 0 fully saturated rings. The van der Waals surface area contributed by atoms with Gasteiger partial charge in [-0.1, -0.05) is 48.5 Å². The number of benzene rings is 2. The first-order chi connectivity index (χ1) is 11.7. The average molecular weight is 324 g/mol. The first-order valence-electron chi connectivity index (χ1n) is 7.52. The summed E-state index contributed by atoms with van der Waals surface area (Å²) in [6, 6.07) is 16.2. The molecule has 1 heterocycles. The molecule has 0 radical (unpaired) electrons. The SMILES string of the molecule is O=C(OCCO)c1nn(Cc2ccccc2)c(=O)c2ccccc12. The van der Waals surface area contributed by atoms with Gasteiger partial charge in [-0.2, -0.15) is 5.10 Å². The number of carbonyl (C=O) groups excluding carboxylic acids is 1. The molecule has 3 aromatic rings. The van der Waals surface area contributed by atoms with Crippen molar-refractivity contribution in [3.05, 3.63) is 76.2 Å². The molecule has 24 heavy (non-hydrogen) atoms. The second-order valence-electron chi connectivity index (χ2n) is 5.20. The molecule has 1 aromatic heterocycles. The number of fused-ring (bicyclic) bond motifs is 1. The Balaban J connectivity index is 2.11. The lowest BCUT2D eigenvalue weighted by Gasteiger charge is -2.10. The number of hydrogen-bond acceptors (Lipinski definition) is 5. The van der Waals surface area contributed by atoms with E-state index in [1.54, 1.807) is 24.3 Å². The molecule has 0 aliphatic carbocycles. The van der Waals surface area contributed by atoms with Gasteiger partial charge in [0, 0.05) is 5.39 Å². The molecular weight excluding hydrogens is 308 g/mol. The lowest BCUT2D eigenvalue weighted by Crippen LogP contribution is -2.27. The standard InChI is InChI=1S/C18H16N2O4/c21-10-11-24-18(23)16-14-8-4-5-9-15(14)17(22)20(19-16)12-13-6-2-1-3-7-13/h1-9,21H,10-12H2. The van der Waals surface area contributed by atoms with E-state index in [-0.39, 0.29) is 31.0 Å². The van der Waals surface area contributed by atoms with E-state index in [1.165, 1.54) is 4.68 Å². The average Bonchev–Trinajstić information content (AvgIpc) is 2.63. The van der Waals surface area contributed by atoms with Crippen molar-refractivity contribution >= 4 is 16.7 Å². The van der Waals surface area contributed by atoms with E-state index >= 15 is 0 Å². The van der Waals surface area contributed by atoms with Crippen molar-refractivity contribution in [2.24, 2.45) is 0 Å². The zero-order chi connectivity index (χ0) is 16.9. The molecule has 0 aliphatic heterocycles. The summed E-state index contributed by atoms with van der Waals surface area (Å²) in [5.41, 5.74) is 0.694. The predicted octanol–water partition coefficient (Wildman–Crippen LogP) is 1.59. The fourth-order valence-electron chi connectivity index (χ4n) is 2.46. The topological polar surface area (TPSA) is 81.4 Å². The number of hydrogen-bond donors (Lipinski definition) is 1. The molecule has 0 unspecified atom stereocenters. The summed E-state index contributed by atoms with van der Waals surface area (Å²) in [4.78, 5) is 24.9. The van der Waals surface area contributed by atoms with E-state index in [0.29, 0.717) is 10.8 Å². The van der Waals surface area contributed by atoms with Crippen molar-refractivity contribution in [2.75, 3.05) is 13.2 Å². The highest BCUT2D eigenvalue weighted by molar-refractivity contribution is 6.02. The van der Waals surface area contributed by atoms with Gasteiger partial charge in [0.05, 0.1) is 18.5 Å². The number of aliphatic hydroxyl groups is 1. The van der Waals surface area contributed by atoms with Gasteiger partial charge in [0.1, 0.15) is 6.61 Å². The van der Waals surface area contributed by atoms with Gasteiger partial charge in [-0.3, -0.25) is 4.79 Å². The third-order valence-electron chi connectivity index (χ3n) is 3.56. The zero-order valence-electron chi connectivity index (χ0n) is 12.9. The van der Waals surface area contributed by atoms with Crippen molar-refractivity contribution in [1.29, 1.82) is 0 Å². The first kappa shape index (κ1) is 15.9. The molecule has 1 N–H and O–H groups in total. The molecule has 0 saturated carbocycles. The number of carbonyl (C=O) groups is 1. The molecule has 0 atom stereocenters. The Kier molecular flexibility index (Phi) is 4.67. The molecule has 6 nitrogen and oxygen atoms in total. The number of aliphatic hydroxyl groups excluding tert-OH is 1. The van der Waals surface area contributed by atoms with Gasteiger partial charge in [-0.25, -0.2) is 9.48 Å². The molecule has 2 aromatic carbocycles. The third kappa shape index (κ3) is 3.18. The Morgan fingerprint density at radius 2 is 1.71 bits per heavy atom. The molecule has 6 heteroatoms. The van der Waals surface area contributed by atoms with Crippen molar-refractivity contribution in [3.8, 4) is 0 Å². The van der Waals surface area contributed by atoms with E-state index in [2.05, 4.69) is 5.10 Å². The van der Waals surface area contributed by atoms with Gasteiger partial charge in [0.2, 0.25) is 0 Å². The van der Waals surface area contributed by atoms with Crippen LogP contribution in [0.25, 0.3) is 10.8 Å². The first-order valence-corrected chi connectivity index (χ1v) is 7.52. The summed E-state index contributed by atoms with van der Waals surface area (Å²) >= 11 is 0. The second-order valence-corrected chi connectivity index (χ2v) is 5.20. The highest BCUT2D eigenvalue weighted by atomic mass is 16.5. The summed E-state index contributed by atoms with van der Waals surface area (Å²) in [7, 11) is 0. The van der Waals surface area contributed by atoms with E-state index in [0.717, 1.165) is 5.56 Å². The number of rotatable bonds is 5. The quantitative estimate of drug-likeness (QED) is 0.721. The van der Waals surface area contributed by atoms with Gasteiger partial charge >= 0.3 is 5.97 Å². The van der Waals surface area contributed by atoms with Crippen LogP contribution in [0.4, 0.5) is 0 Å². The van der Waals surface area contributed by atoms with Crippen molar-refractivity contribution in [2.45, 2.75) is 6.54 Å². The molecule has 0 bridgehead atoms. The number of aromatic nitrogens is 2. The predicted molar refractivity (Wildman–Crippen MR) is 88.9 cm³/mol. The van der Waals surface area contributed by atoms with E-state index in [4.69, 9.17) is 9.84 Å². The minimum Gasteiger partial charge on any atom is -0.458 e. The van der Waals surface area contributed by atoms with Crippen LogP contribution in [0.15, 0.2) is 59.4 Å². The fourth-order valence-corrected chi connectivity index (χ4v) is 2.46. The molecule has 0 aliphatic rings. The summed E-state index contributed by atoms with van der Waals surface area (Å²) in [6.07, 6.45) is 0. The summed E-state index contributed by atoms with van der Waals surface area (Å²) in [5.74, 6) is -0.665. The molecule has 122 valence electrons. The highest BCUT2D eigenvalue weighted by Crippen LogP contribution is 2.14. The zero-order valence-corrected chi connectivity index (χ0v) is 12.9. The molecule has 0 saturated heterocycles. The third-order valence-corrected chi connectivity index (χ3v) is 3.56. The Morgan fingerprint density at radius 1 is 1.04 bits per heavy atom. The van der Waals surface area contributed by atoms with Gasteiger partial charge in [-0.15, -0.1) is 0 Å². The van der Waals surface area contributed by atoms with E-state index in [9.17, 15) is 9.59 Å². The van der Waals surface area contributed by atoms with Crippen LogP contribution < -0.4 is 5.56 Å². The van der Waals surface area contributed by atoms with Crippen LogP contribution in [0.3, 0.4) is 0 Å². The summed E-state index contributed by atoms with van der Waals surface area (Å²) in [6.45, 7) is -0.134. The fraction of sp³-hybridized carbons (Fsp3) is 0.167.